The second kappa shape index (κ2) is 6.32. The lowest BCUT2D eigenvalue weighted by Crippen LogP contribution is -2.45. The largest absolute Gasteiger partial charge is 0.388 e. The Morgan fingerprint density at radius 1 is 1.41 bits per heavy atom. The van der Waals surface area contributed by atoms with E-state index in [0.29, 0.717) is 10.9 Å². The number of hydrogen-bond acceptors (Lipinski definition) is 3. The van der Waals surface area contributed by atoms with Crippen LogP contribution < -0.4 is 10.7 Å². The summed E-state index contributed by atoms with van der Waals surface area (Å²) in [5, 5.41) is 13.4. The van der Waals surface area contributed by atoms with Crippen molar-refractivity contribution in [2.24, 2.45) is 5.92 Å². The van der Waals surface area contributed by atoms with Gasteiger partial charge in [-0.3, -0.25) is 9.59 Å². The summed E-state index contributed by atoms with van der Waals surface area (Å²) in [6, 6.07) is 7.04. The maximum atomic E-state index is 12.3. The Balaban J connectivity index is 2.21. The molecule has 5 nitrogen and oxygen atoms in total. The molecule has 0 bridgehead atoms. The van der Waals surface area contributed by atoms with Gasteiger partial charge >= 0.3 is 0 Å². The van der Waals surface area contributed by atoms with E-state index in [0.717, 1.165) is 6.42 Å². The smallest absolute Gasteiger partial charge is 0.256 e. The monoisotopic (exact) mass is 302 g/mol. The summed E-state index contributed by atoms with van der Waals surface area (Å²) < 4.78 is 0. The van der Waals surface area contributed by atoms with Gasteiger partial charge in [-0.25, -0.2) is 0 Å². The number of nitrogens with one attached hydrogen (secondary N) is 2. The minimum absolute atomic E-state index is 0.0442. The molecule has 1 aromatic carbocycles. The normalized spacial score (nSPS) is 15.3. The van der Waals surface area contributed by atoms with Crippen molar-refractivity contribution in [3.8, 4) is 0 Å². The highest BCUT2D eigenvalue weighted by Gasteiger charge is 2.28. The molecule has 22 heavy (non-hydrogen) atoms. The molecule has 1 heterocycles. The number of H-pyrrole nitrogens is 1. The first kappa shape index (κ1) is 16.2. The van der Waals surface area contributed by atoms with Crippen LogP contribution in [0.25, 0.3) is 10.9 Å². The maximum absolute atomic E-state index is 12.3. The van der Waals surface area contributed by atoms with E-state index in [9.17, 15) is 14.7 Å². The maximum Gasteiger partial charge on any atom is 0.256 e. The zero-order valence-electron chi connectivity index (χ0n) is 13.1. The van der Waals surface area contributed by atoms with Crippen LogP contribution in [0.4, 0.5) is 0 Å². The quantitative estimate of drug-likeness (QED) is 0.790. The predicted molar refractivity (Wildman–Crippen MR) is 87.0 cm³/mol. The Hall–Kier alpha value is -2.14. The van der Waals surface area contributed by atoms with Gasteiger partial charge in [-0.2, -0.15) is 0 Å². The number of hydrogen-bond donors (Lipinski definition) is 3. The molecule has 5 heteroatoms. The minimum Gasteiger partial charge on any atom is -0.388 e. The van der Waals surface area contributed by atoms with Gasteiger partial charge in [0.2, 0.25) is 5.43 Å². The molecule has 0 spiro atoms. The second-order valence-corrected chi connectivity index (χ2v) is 5.93. The van der Waals surface area contributed by atoms with Crippen molar-refractivity contribution in [3.05, 3.63) is 46.2 Å². The standard InChI is InChI=1S/C17H22N2O3/c1-4-11(2)17(3,22)10-19-16(21)13-9-18-14-8-6-5-7-12(14)15(13)20/h5-9,11,22H,4,10H2,1-3H3,(H,18,20)(H,19,21). The summed E-state index contributed by atoms with van der Waals surface area (Å²) in [7, 11) is 0. The average molecular weight is 302 g/mol. The highest BCUT2D eigenvalue weighted by molar-refractivity contribution is 5.97. The van der Waals surface area contributed by atoms with Gasteiger partial charge in [0, 0.05) is 23.6 Å². The first-order valence-electron chi connectivity index (χ1n) is 7.48. The van der Waals surface area contributed by atoms with E-state index in [4.69, 9.17) is 0 Å². The predicted octanol–water partition coefficient (Wildman–Crippen LogP) is 2.05. The van der Waals surface area contributed by atoms with Crippen molar-refractivity contribution in [2.45, 2.75) is 32.8 Å². The molecule has 2 atom stereocenters. The molecular formula is C17H22N2O3. The summed E-state index contributed by atoms with van der Waals surface area (Å²) in [5.41, 5.74) is -0.571. The van der Waals surface area contributed by atoms with Gasteiger partial charge < -0.3 is 15.4 Å². The number of aromatic amines is 1. The van der Waals surface area contributed by atoms with Crippen LogP contribution in [0.2, 0.25) is 0 Å². The number of aromatic nitrogens is 1. The molecule has 2 rings (SSSR count). The van der Waals surface area contributed by atoms with Gasteiger partial charge in [0.25, 0.3) is 5.91 Å². The van der Waals surface area contributed by atoms with E-state index in [-0.39, 0.29) is 23.5 Å². The SMILES string of the molecule is CCC(C)C(C)(O)CNC(=O)c1c[nH]c2ccccc2c1=O. The number of aliphatic hydroxyl groups is 1. The van der Waals surface area contributed by atoms with E-state index in [1.165, 1.54) is 6.20 Å². The molecule has 118 valence electrons. The first-order valence-corrected chi connectivity index (χ1v) is 7.48. The number of para-hydroxylation sites is 1. The van der Waals surface area contributed by atoms with Gasteiger partial charge in [-0.15, -0.1) is 0 Å². The lowest BCUT2D eigenvalue weighted by molar-refractivity contribution is 0.00591. The second-order valence-electron chi connectivity index (χ2n) is 5.93. The van der Waals surface area contributed by atoms with Crippen LogP contribution in [-0.2, 0) is 0 Å². The Labute approximate surface area is 129 Å². The lowest BCUT2D eigenvalue weighted by Gasteiger charge is -2.29. The Morgan fingerprint density at radius 2 is 2.09 bits per heavy atom. The van der Waals surface area contributed by atoms with Crippen molar-refractivity contribution >= 4 is 16.8 Å². The van der Waals surface area contributed by atoms with E-state index < -0.39 is 11.5 Å². The molecule has 1 aromatic heterocycles. The van der Waals surface area contributed by atoms with Crippen LogP contribution in [0, 0.1) is 5.92 Å². The number of rotatable bonds is 5. The van der Waals surface area contributed by atoms with E-state index >= 15 is 0 Å². The van der Waals surface area contributed by atoms with Crippen LogP contribution in [-0.4, -0.2) is 28.1 Å². The zero-order valence-corrected chi connectivity index (χ0v) is 13.1. The molecule has 3 N–H and O–H groups in total. The minimum atomic E-state index is -1.01. The van der Waals surface area contributed by atoms with Gasteiger partial charge in [0.1, 0.15) is 5.56 Å². The van der Waals surface area contributed by atoms with Gasteiger partial charge in [-0.05, 0) is 25.0 Å². The summed E-state index contributed by atoms with van der Waals surface area (Å²) in [6.45, 7) is 5.70. The van der Waals surface area contributed by atoms with Gasteiger partial charge in [0.15, 0.2) is 0 Å². The summed E-state index contributed by atoms with van der Waals surface area (Å²) in [6.07, 6.45) is 2.22. The summed E-state index contributed by atoms with van der Waals surface area (Å²) >= 11 is 0. The Morgan fingerprint density at radius 3 is 2.77 bits per heavy atom. The van der Waals surface area contributed by atoms with Crippen LogP contribution in [0.15, 0.2) is 35.3 Å². The lowest BCUT2D eigenvalue weighted by atomic mass is 9.88. The highest BCUT2D eigenvalue weighted by atomic mass is 16.3. The first-order chi connectivity index (χ1) is 10.4. The molecule has 0 aliphatic rings. The fraction of sp³-hybridized carbons (Fsp3) is 0.412. The Kier molecular flexibility index (Phi) is 4.66. The molecule has 0 fully saturated rings. The summed E-state index contributed by atoms with van der Waals surface area (Å²) in [4.78, 5) is 27.5. The average Bonchev–Trinajstić information content (AvgIpc) is 2.52. The number of carbonyl (C=O) groups is 1. The van der Waals surface area contributed by atoms with Crippen molar-refractivity contribution in [3.63, 3.8) is 0 Å². The van der Waals surface area contributed by atoms with Gasteiger partial charge in [0.05, 0.1) is 5.60 Å². The number of benzene rings is 1. The number of pyridine rings is 1. The highest BCUT2D eigenvalue weighted by Crippen LogP contribution is 2.19. The molecule has 2 aromatic rings. The number of fused-ring (bicyclic) bond motifs is 1. The van der Waals surface area contributed by atoms with Gasteiger partial charge in [-0.1, -0.05) is 32.4 Å². The molecule has 0 saturated heterocycles. The number of amides is 1. The zero-order chi connectivity index (χ0) is 16.3. The van der Waals surface area contributed by atoms with Crippen molar-refractivity contribution in [1.82, 2.24) is 10.3 Å². The topological polar surface area (TPSA) is 82.2 Å². The molecule has 0 aliphatic carbocycles. The van der Waals surface area contributed by atoms with Crippen LogP contribution in [0.1, 0.15) is 37.6 Å². The third-order valence-corrected chi connectivity index (χ3v) is 4.31. The van der Waals surface area contributed by atoms with Crippen molar-refractivity contribution < 1.29 is 9.90 Å². The molecule has 1 amide bonds. The number of carbonyl (C=O) groups excluding carboxylic acids is 1. The van der Waals surface area contributed by atoms with E-state index in [1.807, 2.05) is 19.9 Å². The van der Waals surface area contributed by atoms with E-state index in [2.05, 4.69) is 10.3 Å². The molecule has 0 aliphatic heterocycles. The fourth-order valence-corrected chi connectivity index (χ4v) is 2.30. The Bertz CT molecular complexity index is 734. The molecule has 0 saturated carbocycles. The van der Waals surface area contributed by atoms with E-state index in [1.54, 1.807) is 25.1 Å². The fourth-order valence-electron chi connectivity index (χ4n) is 2.30. The van der Waals surface area contributed by atoms with Crippen molar-refractivity contribution in [1.29, 1.82) is 0 Å². The molecule has 2 unspecified atom stereocenters. The van der Waals surface area contributed by atoms with Crippen LogP contribution in [0.3, 0.4) is 0 Å². The third kappa shape index (κ3) is 3.20. The van der Waals surface area contributed by atoms with Crippen LogP contribution in [0.5, 0.6) is 0 Å². The molecule has 0 radical (unpaired) electrons. The molecular weight excluding hydrogens is 280 g/mol. The summed E-state index contributed by atoms with van der Waals surface area (Å²) in [5.74, 6) is -0.432. The third-order valence-electron chi connectivity index (χ3n) is 4.31. The van der Waals surface area contributed by atoms with Crippen LogP contribution >= 0.6 is 0 Å². The van der Waals surface area contributed by atoms with Crippen molar-refractivity contribution in [2.75, 3.05) is 6.54 Å².